The van der Waals surface area contributed by atoms with Crippen molar-refractivity contribution in [1.29, 1.82) is 0 Å². The molecule has 2 aromatic rings. The number of methoxy groups -OCH3 is 1. The molecule has 0 spiro atoms. The Labute approximate surface area is 117 Å². The highest BCUT2D eigenvalue weighted by molar-refractivity contribution is 5.33. The zero-order valence-electron chi connectivity index (χ0n) is 11.4. The largest absolute Gasteiger partial charge is 0.497 e. The Balaban J connectivity index is 1.81. The van der Waals surface area contributed by atoms with E-state index in [-0.39, 0.29) is 5.56 Å². The fourth-order valence-corrected chi connectivity index (χ4v) is 1.82. The van der Waals surface area contributed by atoms with Crippen LogP contribution in [0, 0.1) is 0 Å². The SMILES string of the molecule is COc1ccc(OCCCn2cc(N)ccc2=O)cc1. The maximum absolute atomic E-state index is 11.6. The summed E-state index contributed by atoms with van der Waals surface area (Å²) in [4.78, 5) is 11.6. The quantitative estimate of drug-likeness (QED) is 0.817. The summed E-state index contributed by atoms with van der Waals surface area (Å²) in [6, 6.07) is 10.5. The van der Waals surface area contributed by atoms with Crippen molar-refractivity contribution in [2.75, 3.05) is 19.5 Å². The molecule has 1 aromatic carbocycles. The monoisotopic (exact) mass is 274 g/mol. The Morgan fingerprint density at radius 1 is 1.10 bits per heavy atom. The first kappa shape index (κ1) is 14.0. The Morgan fingerprint density at radius 2 is 1.80 bits per heavy atom. The number of pyridine rings is 1. The summed E-state index contributed by atoms with van der Waals surface area (Å²) in [7, 11) is 1.62. The Hall–Kier alpha value is -2.43. The molecule has 106 valence electrons. The van der Waals surface area contributed by atoms with Crippen LogP contribution in [0.25, 0.3) is 0 Å². The van der Waals surface area contributed by atoms with Crippen molar-refractivity contribution in [2.45, 2.75) is 13.0 Å². The van der Waals surface area contributed by atoms with Crippen molar-refractivity contribution in [3.63, 3.8) is 0 Å². The van der Waals surface area contributed by atoms with Crippen LogP contribution in [0.3, 0.4) is 0 Å². The van der Waals surface area contributed by atoms with Gasteiger partial charge in [0.2, 0.25) is 0 Å². The minimum atomic E-state index is -0.0522. The first-order chi connectivity index (χ1) is 9.69. The number of aromatic nitrogens is 1. The summed E-state index contributed by atoms with van der Waals surface area (Å²) in [5, 5.41) is 0. The number of nitrogens with two attached hydrogens (primary N) is 1. The van der Waals surface area contributed by atoms with Gasteiger partial charge in [0.1, 0.15) is 11.5 Å². The van der Waals surface area contributed by atoms with Crippen LogP contribution in [0.15, 0.2) is 47.4 Å². The Kier molecular flexibility index (Phi) is 4.65. The number of aryl methyl sites for hydroxylation is 1. The van der Waals surface area contributed by atoms with Crippen molar-refractivity contribution in [1.82, 2.24) is 4.57 Å². The normalized spacial score (nSPS) is 10.2. The van der Waals surface area contributed by atoms with Crippen molar-refractivity contribution in [2.24, 2.45) is 0 Å². The number of hydrogen-bond donors (Lipinski definition) is 1. The lowest BCUT2D eigenvalue weighted by Gasteiger charge is -2.08. The number of anilines is 1. The molecule has 0 bridgehead atoms. The third kappa shape index (κ3) is 3.78. The average Bonchev–Trinajstić information content (AvgIpc) is 2.47. The van der Waals surface area contributed by atoms with E-state index in [1.54, 1.807) is 23.9 Å². The van der Waals surface area contributed by atoms with Gasteiger partial charge in [0, 0.05) is 24.5 Å². The first-order valence-corrected chi connectivity index (χ1v) is 6.42. The van der Waals surface area contributed by atoms with E-state index in [1.807, 2.05) is 24.3 Å². The summed E-state index contributed by atoms with van der Waals surface area (Å²) in [6.07, 6.45) is 2.38. The van der Waals surface area contributed by atoms with Crippen molar-refractivity contribution in [3.8, 4) is 11.5 Å². The molecule has 5 heteroatoms. The molecule has 0 aliphatic heterocycles. The minimum Gasteiger partial charge on any atom is -0.497 e. The van der Waals surface area contributed by atoms with Gasteiger partial charge < -0.3 is 19.8 Å². The van der Waals surface area contributed by atoms with E-state index in [4.69, 9.17) is 15.2 Å². The topological polar surface area (TPSA) is 66.5 Å². The second-order valence-corrected chi connectivity index (χ2v) is 4.37. The lowest BCUT2D eigenvalue weighted by Crippen LogP contribution is -2.20. The average molecular weight is 274 g/mol. The highest BCUT2D eigenvalue weighted by Gasteiger charge is 1.98. The van der Waals surface area contributed by atoms with Gasteiger partial charge in [-0.05, 0) is 36.8 Å². The van der Waals surface area contributed by atoms with Gasteiger partial charge in [-0.2, -0.15) is 0 Å². The molecule has 0 saturated heterocycles. The molecule has 0 atom stereocenters. The van der Waals surface area contributed by atoms with E-state index in [1.165, 1.54) is 6.07 Å². The molecular weight excluding hydrogens is 256 g/mol. The third-order valence-electron chi connectivity index (χ3n) is 2.88. The van der Waals surface area contributed by atoms with E-state index >= 15 is 0 Å². The van der Waals surface area contributed by atoms with Crippen LogP contribution in [0.5, 0.6) is 11.5 Å². The molecule has 2 N–H and O–H groups in total. The highest BCUT2D eigenvalue weighted by atomic mass is 16.5. The number of ether oxygens (including phenoxy) is 2. The van der Waals surface area contributed by atoms with Gasteiger partial charge in [0.05, 0.1) is 13.7 Å². The Morgan fingerprint density at radius 3 is 2.50 bits per heavy atom. The summed E-state index contributed by atoms with van der Waals surface area (Å²) in [5.41, 5.74) is 6.18. The number of benzene rings is 1. The molecule has 20 heavy (non-hydrogen) atoms. The van der Waals surface area contributed by atoms with Gasteiger partial charge in [0.25, 0.3) is 5.56 Å². The molecule has 2 rings (SSSR count). The molecule has 5 nitrogen and oxygen atoms in total. The lowest BCUT2D eigenvalue weighted by atomic mass is 10.3. The van der Waals surface area contributed by atoms with Gasteiger partial charge in [-0.1, -0.05) is 0 Å². The van der Waals surface area contributed by atoms with E-state index in [9.17, 15) is 4.79 Å². The first-order valence-electron chi connectivity index (χ1n) is 6.42. The van der Waals surface area contributed by atoms with E-state index in [2.05, 4.69) is 0 Å². The van der Waals surface area contributed by atoms with Crippen LogP contribution >= 0.6 is 0 Å². The molecular formula is C15H18N2O3. The molecule has 0 saturated carbocycles. The van der Waals surface area contributed by atoms with Gasteiger partial charge in [-0.15, -0.1) is 0 Å². The Bertz CT molecular complexity index is 605. The third-order valence-corrected chi connectivity index (χ3v) is 2.88. The molecule has 1 aromatic heterocycles. The van der Waals surface area contributed by atoms with Crippen LogP contribution in [0.2, 0.25) is 0 Å². The summed E-state index contributed by atoms with van der Waals surface area (Å²) in [6.45, 7) is 1.12. The van der Waals surface area contributed by atoms with Gasteiger partial charge in [-0.25, -0.2) is 0 Å². The smallest absolute Gasteiger partial charge is 0.250 e. The van der Waals surface area contributed by atoms with Crippen LogP contribution in [0.4, 0.5) is 5.69 Å². The van der Waals surface area contributed by atoms with Crippen LogP contribution in [-0.4, -0.2) is 18.3 Å². The number of rotatable bonds is 6. The van der Waals surface area contributed by atoms with E-state index in [0.717, 1.165) is 17.9 Å². The van der Waals surface area contributed by atoms with Crippen molar-refractivity contribution in [3.05, 3.63) is 52.9 Å². The minimum absolute atomic E-state index is 0.0522. The zero-order valence-corrected chi connectivity index (χ0v) is 11.4. The van der Waals surface area contributed by atoms with Gasteiger partial charge >= 0.3 is 0 Å². The number of nitrogens with zero attached hydrogens (tertiary/aromatic N) is 1. The molecule has 0 aliphatic rings. The maximum atomic E-state index is 11.6. The summed E-state index contributed by atoms with van der Waals surface area (Å²) in [5.74, 6) is 1.58. The van der Waals surface area contributed by atoms with Crippen molar-refractivity contribution < 1.29 is 9.47 Å². The van der Waals surface area contributed by atoms with Crippen molar-refractivity contribution >= 4 is 5.69 Å². The van der Waals surface area contributed by atoms with Crippen LogP contribution in [0.1, 0.15) is 6.42 Å². The number of nitrogen functional groups attached to an aromatic ring is 1. The molecule has 0 radical (unpaired) electrons. The molecule has 0 amide bonds. The molecule has 0 aliphatic carbocycles. The predicted octanol–water partition coefficient (Wildman–Crippen LogP) is 1.91. The highest BCUT2D eigenvalue weighted by Crippen LogP contribution is 2.17. The zero-order chi connectivity index (χ0) is 14.4. The van der Waals surface area contributed by atoms with Gasteiger partial charge in [-0.3, -0.25) is 4.79 Å². The lowest BCUT2D eigenvalue weighted by molar-refractivity contribution is 0.300. The van der Waals surface area contributed by atoms with E-state index < -0.39 is 0 Å². The second kappa shape index (κ2) is 6.65. The molecule has 0 unspecified atom stereocenters. The molecule has 1 heterocycles. The maximum Gasteiger partial charge on any atom is 0.250 e. The fraction of sp³-hybridized carbons (Fsp3) is 0.267. The van der Waals surface area contributed by atoms with E-state index in [0.29, 0.717) is 18.8 Å². The molecule has 0 fully saturated rings. The number of hydrogen-bond acceptors (Lipinski definition) is 4. The summed E-state index contributed by atoms with van der Waals surface area (Å²) >= 11 is 0. The predicted molar refractivity (Wildman–Crippen MR) is 78.2 cm³/mol. The van der Waals surface area contributed by atoms with Crippen LogP contribution < -0.4 is 20.8 Å². The van der Waals surface area contributed by atoms with Crippen LogP contribution in [-0.2, 0) is 6.54 Å². The summed E-state index contributed by atoms with van der Waals surface area (Å²) < 4.78 is 12.3. The van der Waals surface area contributed by atoms with Gasteiger partial charge in [0.15, 0.2) is 0 Å². The fourth-order valence-electron chi connectivity index (χ4n) is 1.82. The second-order valence-electron chi connectivity index (χ2n) is 4.37. The standard InChI is InChI=1S/C15H18N2O3/c1-19-13-4-6-14(7-5-13)20-10-2-9-17-11-12(16)3-8-15(17)18/h3-8,11H,2,9-10,16H2,1H3.